The van der Waals surface area contributed by atoms with Crippen LogP contribution in [0.15, 0.2) is 0 Å². The average molecular weight is 244 g/mol. The second-order valence-corrected chi connectivity index (χ2v) is 6.04. The summed E-state index contributed by atoms with van der Waals surface area (Å²) in [5, 5.41) is 3.60. The Balaban J connectivity index is 2.12. The minimum Gasteiger partial charge on any atom is -0.313 e. The minimum atomic E-state index is 0.769. The molecule has 1 fully saturated rings. The maximum Gasteiger partial charge on any atom is 0.0195 e. The lowest BCUT2D eigenvalue weighted by Gasteiger charge is -2.25. The third-order valence-corrected chi connectivity index (χ3v) is 4.13. The average Bonchev–Trinajstić information content (AvgIpc) is 2.77. The molecule has 1 aliphatic heterocycles. The second kappa shape index (κ2) is 9.32. The van der Waals surface area contributed by atoms with E-state index in [1.165, 1.54) is 63.4 Å². The third kappa shape index (κ3) is 6.12. The van der Waals surface area contributed by atoms with Crippen LogP contribution in [0, 0.1) is 0 Å². The van der Waals surface area contributed by atoms with Crippen LogP contribution in [-0.2, 0) is 0 Å². The van der Waals surface area contributed by atoms with Gasteiger partial charge in [-0.25, -0.2) is 0 Å². The van der Waals surface area contributed by atoms with E-state index in [0.29, 0.717) is 0 Å². The molecule has 1 rings (SSSR count). The molecule has 0 saturated carbocycles. The number of thioether (sulfide) groups is 1. The predicted molar refractivity (Wildman–Crippen MR) is 75.4 cm³/mol. The molecular weight excluding hydrogens is 216 g/mol. The molecule has 1 aliphatic rings. The van der Waals surface area contributed by atoms with Gasteiger partial charge in [-0.15, -0.1) is 0 Å². The van der Waals surface area contributed by atoms with Gasteiger partial charge in [0.05, 0.1) is 0 Å². The summed E-state index contributed by atoms with van der Waals surface area (Å²) < 4.78 is 0. The van der Waals surface area contributed by atoms with E-state index in [9.17, 15) is 0 Å². The Labute approximate surface area is 106 Å². The monoisotopic (exact) mass is 244 g/mol. The summed E-state index contributed by atoms with van der Waals surface area (Å²) in [6.07, 6.45) is 5.39. The van der Waals surface area contributed by atoms with Gasteiger partial charge in [-0.3, -0.25) is 0 Å². The Kier molecular flexibility index (Phi) is 8.34. The number of nitrogens with one attached hydrogen (secondary N) is 1. The van der Waals surface area contributed by atoms with Crippen molar-refractivity contribution in [1.82, 2.24) is 10.2 Å². The van der Waals surface area contributed by atoms with Crippen molar-refractivity contribution in [3.63, 3.8) is 0 Å². The molecule has 1 N–H and O–H groups in total. The molecule has 0 aromatic carbocycles. The van der Waals surface area contributed by atoms with Crippen LogP contribution in [0.2, 0.25) is 0 Å². The lowest BCUT2D eigenvalue weighted by atomic mass is 10.2. The molecule has 2 nitrogen and oxygen atoms in total. The van der Waals surface area contributed by atoms with E-state index in [0.717, 1.165) is 6.04 Å². The fourth-order valence-corrected chi connectivity index (χ4v) is 2.99. The summed E-state index contributed by atoms with van der Waals surface area (Å²) >= 11 is 2.07. The predicted octanol–water partition coefficient (Wildman–Crippen LogP) is 2.59. The van der Waals surface area contributed by atoms with Crippen molar-refractivity contribution in [1.29, 1.82) is 0 Å². The van der Waals surface area contributed by atoms with Gasteiger partial charge in [-0.2, -0.15) is 11.8 Å². The summed E-state index contributed by atoms with van der Waals surface area (Å²) in [6, 6.07) is 0.769. The molecule has 0 bridgehead atoms. The molecule has 1 saturated heterocycles. The van der Waals surface area contributed by atoms with Crippen LogP contribution >= 0.6 is 11.8 Å². The van der Waals surface area contributed by atoms with Crippen molar-refractivity contribution < 1.29 is 0 Å². The molecule has 96 valence electrons. The number of hydrogen-bond acceptors (Lipinski definition) is 3. The van der Waals surface area contributed by atoms with Crippen LogP contribution in [0.1, 0.15) is 39.5 Å². The van der Waals surface area contributed by atoms with Crippen LogP contribution < -0.4 is 5.32 Å². The molecule has 1 heterocycles. The quantitative estimate of drug-likeness (QED) is 0.628. The van der Waals surface area contributed by atoms with E-state index < -0.39 is 0 Å². The summed E-state index contributed by atoms with van der Waals surface area (Å²) in [7, 11) is 0. The molecule has 3 heteroatoms. The van der Waals surface area contributed by atoms with Gasteiger partial charge < -0.3 is 10.2 Å². The van der Waals surface area contributed by atoms with Crippen LogP contribution in [-0.4, -0.2) is 48.6 Å². The van der Waals surface area contributed by atoms with Crippen molar-refractivity contribution in [3.05, 3.63) is 0 Å². The molecule has 1 unspecified atom stereocenters. The van der Waals surface area contributed by atoms with Crippen LogP contribution in [0.25, 0.3) is 0 Å². The summed E-state index contributed by atoms with van der Waals surface area (Å²) in [5.74, 6) is 2.59. The van der Waals surface area contributed by atoms with Gasteiger partial charge in [-0.05, 0) is 56.8 Å². The molecule has 16 heavy (non-hydrogen) atoms. The van der Waals surface area contributed by atoms with Crippen molar-refractivity contribution in [3.8, 4) is 0 Å². The number of hydrogen-bond donors (Lipinski definition) is 1. The summed E-state index contributed by atoms with van der Waals surface area (Å²) in [6.45, 7) is 9.60. The first-order chi connectivity index (χ1) is 7.86. The summed E-state index contributed by atoms with van der Waals surface area (Å²) in [5.41, 5.74) is 0. The molecule has 0 aromatic heterocycles. The van der Waals surface area contributed by atoms with Gasteiger partial charge in [0.1, 0.15) is 0 Å². The van der Waals surface area contributed by atoms with Gasteiger partial charge in [0.15, 0.2) is 0 Å². The maximum atomic E-state index is 3.60. The van der Waals surface area contributed by atoms with Gasteiger partial charge in [0.2, 0.25) is 0 Å². The van der Waals surface area contributed by atoms with E-state index in [1.807, 2.05) is 0 Å². The molecular formula is C13H28N2S. The van der Waals surface area contributed by atoms with Gasteiger partial charge in [0.25, 0.3) is 0 Å². The molecule has 0 radical (unpaired) electrons. The minimum absolute atomic E-state index is 0.769. The van der Waals surface area contributed by atoms with Crippen LogP contribution in [0.3, 0.4) is 0 Å². The largest absolute Gasteiger partial charge is 0.313 e. The highest BCUT2D eigenvalue weighted by molar-refractivity contribution is 7.99. The van der Waals surface area contributed by atoms with Crippen molar-refractivity contribution >= 4 is 11.8 Å². The smallest absolute Gasteiger partial charge is 0.0195 e. The van der Waals surface area contributed by atoms with Crippen molar-refractivity contribution in [2.24, 2.45) is 0 Å². The molecule has 0 amide bonds. The second-order valence-electron chi connectivity index (χ2n) is 4.64. The fraction of sp³-hybridized carbons (Fsp3) is 1.00. The van der Waals surface area contributed by atoms with E-state index >= 15 is 0 Å². The Morgan fingerprint density at radius 1 is 1.31 bits per heavy atom. The Morgan fingerprint density at radius 3 is 2.81 bits per heavy atom. The highest BCUT2D eigenvalue weighted by Crippen LogP contribution is 2.09. The summed E-state index contributed by atoms with van der Waals surface area (Å²) in [4.78, 5) is 2.65. The lowest BCUT2D eigenvalue weighted by molar-refractivity contribution is 0.250. The highest BCUT2D eigenvalue weighted by Gasteiger charge is 2.16. The third-order valence-electron chi connectivity index (χ3n) is 3.15. The topological polar surface area (TPSA) is 15.3 Å². The van der Waals surface area contributed by atoms with E-state index in [2.05, 4.69) is 35.8 Å². The Morgan fingerprint density at radius 2 is 2.19 bits per heavy atom. The zero-order valence-corrected chi connectivity index (χ0v) is 11.8. The SMILES string of the molecule is CCCN(CCCSCC)CC1CCCN1. The first kappa shape index (κ1) is 14.3. The molecule has 0 spiro atoms. The van der Waals surface area contributed by atoms with E-state index in [4.69, 9.17) is 0 Å². The standard InChI is InChI=1S/C13H28N2S/c1-3-9-15(10-6-11-16-4-2)12-13-7-5-8-14-13/h13-14H,3-12H2,1-2H3. The van der Waals surface area contributed by atoms with Crippen molar-refractivity contribution in [2.45, 2.75) is 45.6 Å². The van der Waals surface area contributed by atoms with Gasteiger partial charge >= 0.3 is 0 Å². The Hall–Kier alpha value is 0.270. The van der Waals surface area contributed by atoms with Crippen molar-refractivity contribution in [2.75, 3.05) is 37.7 Å². The number of nitrogens with zero attached hydrogens (tertiary/aromatic N) is 1. The highest BCUT2D eigenvalue weighted by atomic mass is 32.2. The fourth-order valence-electron chi connectivity index (χ4n) is 2.37. The zero-order chi connectivity index (χ0) is 11.6. The van der Waals surface area contributed by atoms with Gasteiger partial charge in [0, 0.05) is 12.6 Å². The van der Waals surface area contributed by atoms with Crippen LogP contribution in [0.4, 0.5) is 0 Å². The van der Waals surface area contributed by atoms with Gasteiger partial charge in [-0.1, -0.05) is 13.8 Å². The van der Waals surface area contributed by atoms with E-state index in [-0.39, 0.29) is 0 Å². The normalized spacial score (nSPS) is 20.8. The molecule has 0 aromatic rings. The first-order valence-corrected chi connectivity index (χ1v) is 8.05. The van der Waals surface area contributed by atoms with E-state index in [1.54, 1.807) is 0 Å². The lowest BCUT2D eigenvalue weighted by Crippen LogP contribution is -2.38. The Bertz CT molecular complexity index is 158. The first-order valence-electron chi connectivity index (χ1n) is 6.90. The molecule has 1 atom stereocenters. The molecule has 0 aliphatic carbocycles. The van der Waals surface area contributed by atoms with Crippen LogP contribution in [0.5, 0.6) is 0 Å². The zero-order valence-electron chi connectivity index (χ0n) is 11.0. The number of rotatable bonds is 9. The maximum absolute atomic E-state index is 3.60.